The molecule has 0 aliphatic rings. The van der Waals surface area contributed by atoms with Crippen LogP contribution in [-0.4, -0.2) is 5.11 Å². The number of allylic oxidation sites excluding steroid dienone is 1. The molecule has 0 saturated carbocycles. The first-order chi connectivity index (χ1) is 8.04. The van der Waals surface area contributed by atoms with E-state index in [4.69, 9.17) is 4.42 Å². The number of fused-ring (bicyclic) bond motifs is 1. The minimum atomic E-state index is -0.398. The molecule has 2 rings (SSSR count). The van der Waals surface area contributed by atoms with E-state index in [2.05, 4.69) is 6.58 Å². The van der Waals surface area contributed by atoms with Crippen LogP contribution >= 0.6 is 0 Å². The normalized spacial score (nSPS) is 10.7. The molecule has 0 spiro atoms. The second-order valence-electron chi connectivity index (χ2n) is 4.11. The summed E-state index contributed by atoms with van der Waals surface area (Å²) >= 11 is 0. The summed E-state index contributed by atoms with van der Waals surface area (Å²) in [5, 5.41) is 10.8. The number of hydrogen-bond acceptors (Lipinski definition) is 3. The predicted molar refractivity (Wildman–Crippen MR) is 67.5 cm³/mol. The van der Waals surface area contributed by atoms with Gasteiger partial charge in [-0.25, -0.2) is 4.79 Å². The van der Waals surface area contributed by atoms with Crippen LogP contribution < -0.4 is 5.63 Å². The van der Waals surface area contributed by atoms with Crippen LogP contribution in [0.3, 0.4) is 0 Å². The van der Waals surface area contributed by atoms with Crippen molar-refractivity contribution in [3.8, 4) is 5.75 Å². The van der Waals surface area contributed by atoms with Crippen LogP contribution in [0.1, 0.15) is 16.7 Å². The van der Waals surface area contributed by atoms with Gasteiger partial charge in [0.1, 0.15) is 11.3 Å². The van der Waals surface area contributed by atoms with Gasteiger partial charge in [0.25, 0.3) is 0 Å². The van der Waals surface area contributed by atoms with E-state index in [0.717, 1.165) is 22.1 Å². The predicted octanol–water partition coefficient (Wildman–Crippen LogP) is 2.84. The van der Waals surface area contributed by atoms with Crippen LogP contribution in [-0.2, 0) is 6.42 Å². The van der Waals surface area contributed by atoms with Gasteiger partial charge in [-0.3, -0.25) is 0 Å². The molecule has 3 nitrogen and oxygen atoms in total. The summed E-state index contributed by atoms with van der Waals surface area (Å²) in [4.78, 5) is 11.3. The van der Waals surface area contributed by atoms with Crippen LogP contribution in [0.25, 0.3) is 11.0 Å². The molecule has 2 aromatic rings. The van der Waals surface area contributed by atoms with Crippen LogP contribution in [0.4, 0.5) is 0 Å². The minimum Gasteiger partial charge on any atom is -0.508 e. The van der Waals surface area contributed by atoms with Gasteiger partial charge in [-0.05, 0) is 31.4 Å². The molecule has 17 heavy (non-hydrogen) atoms. The lowest BCUT2D eigenvalue weighted by Gasteiger charge is -2.11. The fourth-order valence-electron chi connectivity index (χ4n) is 2.17. The number of phenolic OH excluding ortho intramolecular Hbond substituents is 1. The number of rotatable bonds is 2. The zero-order valence-electron chi connectivity index (χ0n) is 9.91. The van der Waals surface area contributed by atoms with E-state index in [1.165, 1.54) is 12.1 Å². The molecule has 0 amide bonds. The molecule has 0 bridgehead atoms. The third-order valence-corrected chi connectivity index (χ3v) is 2.94. The van der Waals surface area contributed by atoms with Crippen LogP contribution in [0, 0.1) is 13.8 Å². The quantitative estimate of drug-likeness (QED) is 0.637. The van der Waals surface area contributed by atoms with Gasteiger partial charge in [-0.1, -0.05) is 6.08 Å². The van der Waals surface area contributed by atoms with E-state index < -0.39 is 5.63 Å². The molecule has 0 aliphatic carbocycles. The van der Waals surface area contributed by atoms with Crippen molar-refractivity contribution in [1.29, 1.82) is 0 Å². The second kappa shape index (κ2) is 4.09. The van der Waals surface area contributed by atoms with Gasteiger partial charge in [-0.15, -0.1) is 6.58 Å². The summed E-state index contributed by atoms with van der Waals surface area (Å²) in [7, 11) is 0. The maximum Gasteiger partial charge on any atom is 0.336 e. The van der Waals surface area contributed by atoms with Crippen molar-refractivity contribution in [2.45, 2.75) is 20.3 Å². The van der Waals surface area contributed by atoms with Crippen molar-refractivity contribution in [3.05, 3.63) is 51.9 Å². The average Bonchev–Trinajstić information content (AvgIpc) is 2.22. The summed E-state index contributed by atoms with van der Waals surface area (Å²) in [5.41, 5.74) is 2.65. The first kappa shape index (κ1) is 11.5. The first-order valence-electron chi connectivity index (χ1n) is 5.41. The molecule has 1 heterocycles. The Bertz CT molecular complexity index is 651. The van der Waals surface area contributed by atoms with E-state index in [9.17, 15) is 9.90 Å². The molecule has 0 radical (unpaired) electrons. The molecule has 0 unspecified atom stereocenters. The summed E-state index contributed by atoms with van der Waals surface area (Å²) in [6.07, 6.45) is 2.33. The Hall–Kier alpha value is -2.03. The van der Waals surface area contributed by atoms with Crippen molar-refractivity contribution in [2.24, 2.45) is 0 Å². The van der Waals surface area contributed by atoms with Crippen molar-refractivity contribution in [1.82, 2.24) is 0 Å². The largest absolute Gasteiger partial charge is 0.508 e. The Morgan fingerprint density at radius 3 is 2.76 bits per heavy atom. The molecule has 1 aromatic heterocycles. The number of phenols is 1. The van der Waals surface area contributed by atoms with E-state index in [1.54, 1.807) is 6.08 Å². The molecular weight excluding hydrogens is 216 g/mol. The SMILES string of the molecule is C=CCc1c(O)cc2oc(=O)cc(C)c2c1C. The Labute approximate surface area is 99.0 Å². The Morgan fingerprint density at radius 1 is 1.41 bits per heavy atom. The second-order valence-corrected chi connectivity index (χ2v) is 4.11. The first-order valence-corrected chi connectivity index (χ1v) is 5.41. The van der Waals surface area contributed by atoms with Crippen LogP contribution in [0.15, 0.2) is 34.0 Å². The fraction of sp³-hybridized carbons (Fsp3) is 0.214. The zero-order valence-corrected chi connectivity index (χ0v) is 9.91. The lowest BCUT2D eigenvalue weighted by atomic mass is 9.97. The third-order valence-electron chi connectivity index (χ3n) is 2.94. The molecule has 3 heteroatoms. The summed E-state index contributed by atoms with van der Waals surface area (Å²) in [5.74, 6) is 0.142. The monoisotopic (exact) mass is 230 g/mol. The molecule has 1 N–H and O–H groups in total. The zero-order chi connectivity index (χ0) is 12.6. The smallest absolute Gasteiger partial charge is 0.336 e. The van der Waals surface area contributed by atoms with Gasteiger partial charge in [0, 0.05) is 23.1 Å². The molecule has 0 atom stereocenters. The van der Waals surface area contributed by atoms with Crippen LogP contribution in [0.5, 0.6) is 5.75 Å². The molecule has 0 saturated heterocycles. The Balaban J connectivity index is 2.91. The standard InChI is InChI=1S/C14H14O3/c1-4-5-10-9(3)14-8(2)6-13(16)17-12(14)7-11(10)15/h4,6-7,15H,1,5H2,2-3H3. The summed E-state index contributed by atoms with van der Waals surface area (Å²) in [6, 6.07) is 2.96. The average molecular weight is 230 g/mol. The van der Waals surface area contributed by atoms with Gasteiger partial charge in [0.2, 0.25) is 0 Å². The summed E-state index contributed by atoms with van der Waals surface area (Å²) in [6.45, 7) is 7.44. The maximum atomic E-state index is 11.3. The highest BCUT2D eigenvalue weighted by Crippen LogP contribution is 2.31. The lowest BCUT2D eigenvalue weighted by Crippen LogP contribution is -2.00. The van der Waals surface area contributed by atoms with Gasteiger partial charge in [-0.2, -0.15) is 0 Å². The van der Waals surface area contributed by atoms with E-state index in [0.29, 0.717) is 12.0 Å². The van der Waals surface area contributed by atoms with Gasteiger partial charge in [0.15, 0.2) is 0 Å². The van der Waals surface area contributed by atoms with Crippen LogP contribution in [0.2, 0.25) is 0 Å². The van der Waals surface area contributed by atoms with Gasteiger partial charge in [0.05, 0.1) is 0 Å². The molecule has 0 fully saturated rings. The Morgan fingerprint density at radius 2 is 2.12 bits per heavy atom. The highest BCUT2D eigenvalue weighted by Gasteiger charge is 2.12. The van der Waals surface area contributed by atoms with E-state index in [-0.39, 0.29) is 5.75 Å². The van der Waals surface area contributed by atoms with Gasteiger partial charge >= 0.3 is 5.63 Å². The van der Waals surface area contributed by atoms with Crippen molar-refractivity contribution in [2.75, 3.05) is 0 Å². The molecule has 1 aromatic carbocycles. The maximum absolute atomic E-state index is 11.3. The topological polar surface area (TPSA) is 50.4 Å². The highest BCUT2D eigenvalue weighted by molar-refractivity contribution is 5.86. The lowest BCUT2D eigenvalue weighted by molar-refractivity contribution is 0.467. The van der Waals surface area contributed by atoms with Crippen molar-refractivity contribution in [3.63, 3.8) is 0 Å². The highest BCUT2D eigenvalue weighted by atomic mass is 16.4. The number of aryl methyl sites for hydroxylation is 2. The third kappa shape index (κ3) is 1.84. The number of benzene rings is 1. The van der Waals surface area contributed by atoms with Crippen molar-refractivity contribution < 1.29 is 9.52 Å². The van der Waals surface area contributed by atoms with Crippen molar-refractivity contribution >= 4 is 11.0 Å². The number of aromatic hydroxyl groups is 1. The molecule has 0 aliphatic heterocycles. The number of hydrogen-bond donors (Lipinski definition) is 1. The van der Waals surface area contributed by atoms with E-state index >= 15 is 0 Å². The van der Waals surface area contributed by atoms with Gasteiger partial charge < -0.3 is 9.52 Å². The Kier molecular flexibility index (Phi) is 2.76. The van der Waals surface area contributed by atoms with E-state index in [1.807, 2.05) is 13.8 Å². The fourth-order valence-corrected chi connectivity index (χ4v) is 2.17. The molecular formula is C14H14O3. The minimum absolute atomic E-state index is 0.142. The molecule has 88 valence electrons. The summed E-state index contributed by atoms with van der Waals surface area (Å²) < 4.78 is 5.10.